The van der Waals surface area contributed by atoms with Crippen molar-refractivity contribution in [1.82, 2.24) is 4.98 Å². The smallest absolute Gasteiger partial charge is 0.129 e. The zero-order valence-electron chi connectivity index (χ0n) is 9.55. The van der Waals surface area contributed by atoms with E-state index in [1.54, 1.807) is 30.1 Å². The van der Waals surface area contributed by atoms with Gasteiger partial charge in [0.2, 0.25) is 0 Å². The molecule has 1 heterocycles. The molecule has 0 aliphatic carbocycles. The number of phenolic OH excluding ortho intramolecular Hbond substituents is 1. The topological polar surface area (TPSA) is 45.2 Å². The first-order valence-electron chi connectivity index (χ1n) is 5.33. The predicted octanol–water partition coefficient (Wildman–Crippen LogP) is 3.12. The number of hydrogen-bond donors (Lipinski definition) is 2. The average molecular weight is 246 g/mol. The van der Waals surface area contributed by atoms with Gasteiger partial charge in [0.15, 0.2) is 0 Å². The number of benzene rings is 1. The minimum Gasteiger partial charge on any atom is -0.508 e. The maximum Gasteiger partial charge on any atom is 0.129 e. The molecule has 0 unspecified atom stereocenters. The van der Waals surface area contributed by atoms with Gasteiger partial charge in [0, 0.05) is 29.5 Å². The predicted molar refractivity (Wildman–Crippen MR) is 71.5 cm³/mol. The molecule has 3 nitrogen and oxygen atoms in total. The largest absolute Gasteiger partial charge is 0.508 e. The van der Waals surface area contributed by atoms with Crippen LogP contribution >= 0.6 is 11.8 Å². The molecule has 1 aromatic heterocycles. The van der Waals surface area contributed by atoms with E-state index in [1.807, 2.05) is 25.2 Å². The summed E-state index contributed by atoms with van der Waals surface area (Å²) in [6, 6.07) is 11.3. The van der Waals surface area contributed by atoms with Crippen LogP contribution in [0.3, 0.4) is 0 Å². The third-order valence-corrected chi connectivity index (χ3v) is 3.38. The first-order valence-corrected chi connectivity index (χ1v) is 6.31. The quantitative estimate of drug-likeness (QED) is 0.814. The molecule has 0 aliphatic heterocycles. The lowest BCUT2D eigenvalue weighted by molar-refractivity contribution is 0.474. The van der Waals surface area contributed by atoms with Crippen LogP contribution in [-0.4, -0.2) is 17.1 Å². The Hall–Kier alpha value is -1.68. The number of nitrogens with one attached hydrogen (secondary N) is 1. The van der Waals surface area contributed by atoms with Gasteiger partial charge >= 0.3 is 0 Å². The Bertz CT molecular complexity index is 502. The molecule has 0 fully saturated rings. The molecule has 0 saturated carbocycles. The number of anilines is 1. The fourth-order valence-corrected chi connectivity index (χ4v) is 2.45. The van der Waals surface area contributed by atoms with E-state index in [0.29, 0.717) is 5.75 Å². The Morgan fingerprint density at radius 3 is 2.94 bits per heavy atom. The van der Waals surface area contributed by atoms with E-state index in [1.165, 1.54) is 0 Å². The molecule has 2 N–H and O–H groups in total. The highest BCUT2D eigenvalue weighted by Gasteiger charge is 2.02. The molecular formula is C13H14N2OS. The standard InChI is InChI=1S/C13H14N2OS/c1-14-13-10(4-3-7-15-13)9-17-12-6-2-5-11(16)8-12/h2-8,16H,9H2,1H3,(H,14,15). The van der Waals surface area contributed by atoms with Crippen molar-refractivity contribution >= 4 is 17.6 Å². The molecule has 0 saturated heterocycles. The van der Waals surface area contributed by atoms with Crippen molar-refractivity contribution in [1.29, 1.82) is 0 Å². The van der Waals surface area contributed by atoms with Crippen LogP contribution in [0.15, 0.2) is 47.5 Å². The van der Waals surface area contributed by atoms with Crippen LogP contribution in [0.25, 0.3) is 0 Å². The number of pyridine rings is 1. The van der Waals surface area contributed by atoms with Crippen LogP contribution in [-0.2, 0) is 5.75 Å². The summed E-state index contributed by atoms with van der Waals surface area (Å²) in [7, 11) is 1.87. The molecule has 2 rings (SSSR count). The third kappa shape index (κ3) is 3.14. The van der Waals surface area contributed by atoms with Crippen LogP contribution in [0.1, 0.15) is 5.56 Å². The van der Waals surface area contributed by atoms with Crippen LogP contribution in [0.5, 0.6) is 5.75 Å². The minimum atomic E-state index is 0.301. The number of phenols is 1. The van der Waals surface area contributed by atoms with E-state index in [2.05, 4.69) is 16.4 Å². The van der Waals surface area contributed by atoms with E-state index >= 15 is 0 Å². The van der Waals surface area contributed by atoms with Crippen LogP contribution < -0.4 is 5.32 Å². The van der Waals surface area contributed by atoms with Crippen molar-refractivity contribution < 1.29 is 5.11 Å². The van der Waals surface area contributed by atoms with Gasteiger partial charge in [-0.25, -0.2) is 4.98 Å². The summed E-state index contributed by atoms with van der Waals surface area (Å²) in [5.74, 6) is 2.03. The van der Waals surface area contributed by atoms with Gasteiger partial charge in [0.1, 0.15) is 11.6 Å². The summed E-state index contributed by atoms with van der Waals surface area (Å²) in [5.41, 5.74) is 1.16. The lowest BCUT2D eigenvalue weighted by atomic mass is 10.3. The van der Waals surface area contributed by atoms with E-state index in [-0.39, 0.29) is 0 Å². The molecular weight excluding hydrogens is 232 g/mol. The molecule has 0 amide bonds. The first-order chi connectivity index (χ1) is 8.29. The van der Waals surface area contributed by atoms with Gasteiger partial charge in [-0.2, -0.15) is 0 Å². The Labute approximate surface area is 105 Å². The average Bonchev–Trinajstić information content (AvgIpc) is 2.37. The highest BCUT2D eigenvalue weighted by Crippen LogP contribution is 2.27. The highest BCUT2D eigenvalue weighted by molar-refractivity contribution is 7.98. The zero-order valence-corrected chi connectivity index (χ0v) is 10.4. The van der Waals surface area contributed by atoms with Gasteiger partial charge < -0.3 is 10.4 Å². The Morgan fingerprint density at radius 1 is 1.29 bits per heavy atom. The van der Waals surface area contributed by atoms with Gasteiger partial charge in [-0.3, -0.25) is 0 Å². The normalized spacial score (nSPS) is 10.2. The molecule has 4 heteroatoms. The number of nitrogens with zero attached hydrogens (tertiary/aromatic N) is 1. The van der Waals surface area contributed by atoms with Crippen molar-refractivity contribution in [3.63, 3.8) is 0 Å². The van der Waals surface area contributed by atoms with E-state index in [4.69, 9.17) is 0 Å². The third-order valence-electron chi connectivity index (χ3n) is 2.34. The molecule has 2 aromatic rings. The fourth-order valence-electron chi connectivity index (χ4n) is 1.51. The van der Waals surface area contributed by atoms with Gasteiger partial charge in [0.25, 0.3) is 0 Å². The van der Waals surface area contributed by atoms with Crippen molar-refractivity contribution in [3.05, 3.63) is 48.2 Å². The van der Waals surface area contributed by atoms with Crippen molar-refractivity contribution in [2.75, 3.05) is 12.4 Å². The Kier molecular flexibility index (Phi) is 3.88. The first kappa shape index (κ1) is 11.8. The summed E-state index contributed by atoms with van der Waals surface area (Å²) < 4.78 is 0. The molecule has 0 atom stereocenters. The summed E-state index contributed by atoms with van der Waals surface area (Å²) >= 11 is 1.68. The molecule has 0 spiro atoms. The fraction of sp³-hybridized carbons (Fsp3) is 0.154. The molecule has 1 aromatic carbocycles. The maximum atomic E-state index is 9.37. The molecule has 17 heavy (non-hydrogen) atoms. The second kappa shape index (κ2) is 5.59. The second-order valence-electron chi connectivity index (χ2n) is 3.55. The summed E-state index contributed by atoms with van der Waals surface area (Å²) in [6.07, 6.45) is 1.77. The van der Waals surface area contributed by atoms with Crippen LogP contribution in [0.2, 0.25) is 0 Å². The minimum absolute atomic E-state index is 0.301. The SMILES string of the molecule is CNc1ncccc1CSc1cccc(O)c1. The molecule has 0 bridgehead atoms. The Balaban J connectivity index is 2.07. The Morgan fingerprint density at radius 2 is 2.18 bits per heavy atom. The molecule has 0 aliphatic rings. The van der Waals surface area contributed by atoms with Crippen molar-refractivity contribution in [2.45, 2.75) is 10.6 Å². The monoisotopic (exact) mass is 246 g/mol. The summed E-state index contributed by atoms with van der Waals surface area (Å²) in [6.45, 7) is 0. The van der Waals surface area contributed by atoms with E-state index < -0.39 is 0 Å². The van der Waals surface area contributed by atoms with Gasteiger partial charge in [-0.1, -0.05) is 12.1 Å². The highest BCUT2D eigenvalue weighted by atomic mass is 32.2. The lowest BCUT2D eigenvalue weighted by Gasteiger charge is -2.07. The van der Waals surface area contributed by atoms with Crippen molar-refractivity contribution in [3.8, 4) is 5.75 Å². The number of thioether (sulfide) groups is 1. The molecule has 88 valence electrons. The van der Waals surface area contributed by atoms with Gasteiger partial charge in [0.05, 0.1) is 0 Å². The van der Waals surface area contributed by atoms with Crippen LogP contribution in [0.4, 0.5) is 5.82 Å². The van der Waals surface area contributed by atoms with Gasteiger partial charge in [-0.15, -0.1) is 11.8 Å². The van der Waals surface area contributed by atoms with Crippen LogP contribution in [0, 0.1) is 0 Å². The zero-order chi connectivity index (χ0) is 12.1. The van der Waals surface area contributed by atoms with Crippen molar-refractivity contribution in [2.24, 2.45) is 0 Å². The summed E-state index contributed by atoms with van der Waals surface area (Å²) in [4.78, 5) is 5.30. The lowest BCUT2D eigenvalue weighted by Crippen LogP contribution is -1.96. The molecule has 0 radical (unpaired) electrons. The maximum absolute atomic E-state index is 9.37. The number of hydrogen-bond acceptors (Lipinski definition) is 4. The number of rotatable bonds is 4. The second-order valence-corrected chi connectivity index (χ2v) is 4.60. The number of aromatic hydroxyl groups is 1. The summed E-state index contributed by atoms with van der Waals surface area (Å²) in [5, 5.41) is 12.4. The van der Waals surface area contributed by atoms with E-state index in [0.717, 1.165) is 22.0 Å². The van der Waals surface area contributed by atoms with E-state index in [9.17, 15) is 5.11 Å². The van der Waals surface area contributed by atoms with Gasteiger partial charge in [-0.05, 0) is 24.3 Å². The number of aromatic nitrogens is 1.